The van der Waals surface area contributed by atoms with Crippen LogP contribution >= 0.6 is 0 Å². The lowest BCUT2D eigenvalue weighted by atomic mass is 10.0. The number of benzene rings is 1. The lowest BCUT2D eigenvalue weighted by molar-refractivity contribution is -0.123. The topological polar surface area (TPSA) is 64.6 Å². The highest BCUT2D eigenvalue weighted by Crippen LogP contribution is 2.17. The zero-order chi connectivity index (χ0) is 16.8. The molecule has 0 spiro atoms. The largest absolute Gasteiger partial charge is 0.393 e. The molecule has 0 radical (unpaired) electrons. The first-order chi connectivity index (χ1) is 11.7. The maximum absolute atomic E-state index is 12.3. The smallest absolute Gasteiger partial charge is 0.237 e. The van der Waals surface area contributed by atoms with Crippen molar-refractivity contribution in [3.05, 3.63) is 35.4 Å². The molecule has 1 amide bonds. The maximum Gasteiger partial charge on any atom is 0.237 e. The van der Waals surface area contributed by atoms with Gasteiger partial charge in [0.05, 0.1) is 12.1 Å². The predicted octanol–water partition coefficient (Wildman–Crippen LogP) is 1.40. The molecule has 5 heteroatoms. The summed E-state index contributed by atoms with van der Waals surface area (Å²) in [4.78, 5) is 14.7. The number of aliphatic hydroxyl groups excluding tert-OH is 1. The molecule has 1 aromatic rings. The number of carbonyl (C=O) groups is 1. The van der Waals surface area contributed by atoms with E-state index < -0.39 is 0 Å². The third-order valence-corrected chi connectivity index (χ3v) is 5.15. The standard InChI is InChI=1S/C19H29N3O2/c23-17-8-11-22(12-9-17)14-16-6-2-1-5-15(16)13-21-19(24)18-7-3-4-10-20-18/h1-2,5-6,17-18,20,23H,3-4,7-14H2,(H,21,24). The first-order valence-corrected chi connectivity index (χ1v) is 9.20. The second kappa shape index (κ2) is 8.60. The van der Waals surface area contributed by atoms with Crippen molar-refractivity contribution in [2.24, 2.45) is 0 Å². The number of likely N-dealkylation sites (tertiary alicyclic amines) is 1. The first kappa shape index (κ1) is 17.4. The molecule has 132 valence electrons. The van der Waals surface area contributed by atoms with Crippen LogP contribution in [0.4, 0.5) is 0 Å². The van der Waals surface area contributed by atoms with Crippen LogP contribution in [0.5, 0.6) is 0 Å². The Morgan fingerprint density at radius 2 is 1.92 bits per heavy atom. The molecule has 2 saturated heterocycles. The van der Waals surface area contributed by atoms with Crippen molar-refractivity contribution in [3.8, 4) is 0 Å². The van der Waals surface area contributed by atoms with Gasteiger partial charge >= 0.3 is 0 Å². The minimum atomic E-state index is -0.140. The maximum atomic E-state index is 12.3. The molecule has 0 saturated carbocycles. The molecule has 2 aliphatic rings. The SMILES string of the molecule is O=C(NCc1ccccc1CN1CCC(O)CC1)C1CCCCN1. The zero-order valence-corrected chi connectivity index (χ0v) is 14.3. The van der Waals surface area contributed by atoms with E-state index in [0.29, 0.717) is 6.54 Å². The van der Waals surface area contributed by atoms with Crippen molar-refractivity contribution in [1.82, 2.24) is 15.5 Å². The third-order valence-electron chi connectivity index (χ3n) is 5.15. The van der Waals surface area contributed by atoms with E-state index in [4.69, 9.17) is 0 Å². The Morgan fingerprint density at radius 1 is 1.17 bits per heavy atom. The molecule has 2 aliphatic heterocycles. The molecule has 0 bridgehead atoms. The summed E-state index contributed by atoms with van der Waals surface area (Å²) < 4.78 is 0. The quantitative estimate of drug-likeness (QED) is 0.763. The van der Waals surface area contributed by atoms with Crippen LogP contribution in [0.2, 0.25) is 0 Å². The minimum Gasteiger partial charge on any atom is -0.393 e. The highest BCUT2D eigenvalue weighted by Gasteiger charge is 2.21. The van der Waals surface area contributed by atoms with E-state index in [1.54, 1.807) is 0 Å². The Hall–Kier alpha value is -1.43. The Bertz CT molecular complexity index is 535. The number of nitrogens with zero attached hydrogens (tertiary/aromatic N) is 1. The number of piperidine rings is 2. The Balaban J connectivity index is 1.54. The van der Waals surface area contributed by atoms with E-state index in [1.165, 1.54) is 11.1 Å². The van der Waals surface area contributed by atoms with Crippen molar-refractivity contribution in [2.75, 3.05) is 19.6 Å². The molecule has 5 nitrogen and oxygen atoms in total. The van der Waals surface area contributed by atoms with E-state index in [9.17, 15) is 9.90 Å². The molecule has 1 aromatic carbocycles. The van der Waals surface area contributed by atoms with Crippen molar-refractivity contribution in [2.45, 2.75) is 57.3 Å². The van der Waals surface area contributed by atoms with Gasteiger partial charge in [0.15, 0.2) is 0 Å². The number of hydrogen-bond donors (Lipinski definition) is 3. The molecular formula is C19H29N3O2. The van der Waals surface area contributed by atoms with Crippen LogP contribution in [0.1, 0.15) is 43.2 Å². The zero-order valence-electron chi connectivity index (χ0n) is 14.3. The summed E-state index contributed by atoms with van der Waals surface area (Å²) in [6, 6.07) is 8.30. The van der Waals surface area contributed by atoms with Crippen LogP contribution in [-0.2, 0) is 17.9 Å². The van der Waals surface area contributed by atoms with Gasteiger partial charge in [-0.15, -0.1) is 0 Å². The normalized spacial score (nSPS) is 23.1. The first-order valence-electron chi connectivity index (χ1n) is 9.20. The van der Waals surface area contributed by atoms with Gasteiger partial charge in [-0.05, 0) is 43.4 Å². The molecule has 0 aromatic heterocycles. The molecule has 2 fully saturated rings. The summed E-state index contributed by atoms with van der Waals surface area (Å²) in [5.74, 6) is 0.116. The van der Waals surface area contributed by atoms with Gasteiger partial charge in [0.2, 0.25) is 5.91 Å². The fourth-order valence-corrected chi connectivity index (χ4v) is 3.58. The number of aliphatic hydroxyl groups is 1. The molecule has 24 heavy (non-hydrogen) atoms. The number of rotatable bonds is 5. The predicted molar refractivity (Wildman–Crippen MR) is 94.4 cm³/mol. The molecular weight excluding hydrogens is 302 g/mol. The Kier molecular flexibility index (Phi) is 6.24. The fraction of sp³-hybridized carbons (Fsp3) is 0.632. The molecule has 2 heterocycles. The van der Waals surface area contributed by atoms with Crippen molar-refractivity contribution >= 4 is 5.91 Å². The fourth-order valence-electron chi connectivity index (χ4n) is 3.58. The van der Waals surface area contributed by atoms with Crippen molar-refractivity contribution < 1.29 is 9.90 Å². The highest BCUT2D eigenvalue weighted by molar-refractivity contribution is 5.81. The summed E-state index contributed by atoms with van der Waals surface area (Å²) in [5.41, 5.74) is 2.46. The number of amides is 1. The summed E-state index contributed by atoms with van der Waals surface area (Å²) in [5, 5.41) is 16.0. The highest BCUT2D eigenvalue weighted by atomic mass is 16.3. The molecule has 3 N–H and O–H groups in total. The van der Waals surface area contributed by atoms with Crippen LogP contribution in [0.15, 0.2) is 24.3 Å². The van der Waals surface area contributed by atoms with Crippen molar-refractivity contribution in [3.63, 3.8) is 0 Å². The van der Waals surface area contributed by atoms with Crippen molar-refractivity contribution in [1.29, 1.82) is 0 Å². The second-order valence-electron chi connectivity index (χ2n) is 7.00. The Labute approximate surface area is 144 Å². The average Bonchev–Trinajstić information content (AvgIpc) is 2.63. The minimum absolute atomic E-state index is 0.0329. The summed E-state index contributed by atoms with van der Waals surface area (Å²) >= 11 is 0. The van der Waals surface area contributed by atoms with Gasteiger partial charge in [0, 0.05) is 26.2 Å². The number of hydrogen-bond acceptors (Lipinski definition) is 4. The van der Waals surface area contributed by atoms with E-state index >= 15 is 0 Å². The second-order valence-corrected chi connectivity index (χ2v) is 7.00. The molecule has 3 rings (SSSR count). The lowest BCUT2D eigenvalue weighted by Crippen LogP contribution is -2.46. The summed E-state index contributed by atoms with van der Waals surface area (Å²) in [6.07, 6.45) is 4.79. The molecule has 0 aliphatic carbocycles. The molecule has 1 atom stereocenters. The van der Waals surface area contributed by atoms with Gasteiger partial charge in [-0.3, -0.25) is 9.69 Å². The van der Waals surface area contributed by atoms with Gasteiger partial charge in [0.1, 0.15) is 0 Å². The van der Waals surface area contributed by atoms with Crippen LogP contribution in [0.3, 0.4) is 0 Å². The lowest BCUT2D eigenvalue weighted by Gasteiger charge is -2.30. The summed E-state index contributed by atoms with van der Waals surface area (Å²) in [7, 11) is 0. The van der Waals surface area contributed by atoms with Crippen LogP contribution in [0, 0.1) is 0 Å². The average molecular weight is 331 g/mol. The summed E-state index contributed by atoms with van der Waals surface area (Å²) in [6.45, 7) is 4.29. The van der Waals surface area contributed by atoms with E-state index in [2.05, 4.69) is 33.7 Å². The van der Waals surface area contributed by atoms with Gasteiger partial charge in [-0.25, -0.2) is 0 Å². The number of carbonyl (C=O) groups excluding carboxylic acids is 1. The third kappa shape index (κ3) is 4.79. The van der Waals surface area contributed by atoms with Gasteiger partial charge < -0.3 is 15.7 Å². The van der Waals surface area contributed by atoms with Crippen LogP contribution < -0.4 is 10.6 Å². The van der Waals surface area contributed by atoms with E-state index in [1.807, 2.05) is 6.07 Å². The van der Waals surface area contributed by atoms with E-state index in [-0.39, 0.29) is 18.1 Å². The van der Waals surface area contributed by atoms with Crippen LogP contribution in [-0.4, -0.2) is 47.7 Å². The number of nitrogens with one attached hydrogen (secondary N) is 2. The van der Waals surface area contributed by atoms with Gasteiger partial charge in [-0.2, -0.15) is 0 Å². The Morgan fingerprint density at radius 3 is 2.62 bits per heavy atom. The van der Waals surface area contributed by atoms with E-state index in [0.717, 1.165) is 58.3 Å². The monoisotopic (exact) mass is 331 g/mol. The van der Waals surface area contributed by atoms with Gasteiger partial charge in [0.25, 0.3) is 0 Å². The molecule has 1 unspecified atom stereocenters. The van der Waals surface area contributed by atoms with Crippen LogP contribution in [0.25, 0.3) is 0 Å². The van der Waals surface area contributed by atoms with Gasteiger partial charge in [-0.1, -0.05) is 30.7 Å².